The summed E-state index contributed by atoms with van der Waals surface area (Å²) in [5.74, 6) is -0.378. The predicted octanol–water partition coefficient (Wildman–Crippen LogP) is 2.78. The SMILES string of the molecule is CCCCOC(=O)c1cc2ccoc2cn1. The highest BCUT2D eigenvalue weighted by Gasteiger charge is 2.10. The maximum absolute atomic E-state index is 11.6. The van der Waals surface area contributed by atoms with Gasteiger partial charge in [0.25, 0.3) is 0 Å². The van der Waals surface area contributed by atoms with Crippen molar-refractivity contribution in [2.24, 2.45) is 0 Å². The molecule has 0 N–H and O–H groups in total. The molecule has 0 saturated heterocycles. The Morgan fingerprint density at radius 1 is 1.56 bits per heavy atom. The minimum absolute atomic E-state index is 0.324. The van der Waals surface area contributed by atoms with Crippen LogP contribution in [-0.2, 0) is 4.74 Å². The summed E-state index contributed by atoms with van der Waals surface area (Å²) in [6.45, 7) is 2.49. The van der Waals surface area contributed by atoms with E-state index < -0.39 is 0 Å². The Labute approximate surface area is 93.2 Å². The van der Waals surface area contributed by atoms with Crippen LogP contribution >= 0.6 is 0 Å². The van der Waals surface area contributed by atoms with Crippen molar-refractivity contribution in [1.82, 2.24) is 4.98 Å². The predicted molar refractivity (Wildman–Crippen MR) is 59.2 cm³/mol. The molecule has 0 bridgehead atoms. The van der Waals surface area contributed by atoms with E-state index in [-0.39, 0.29) is 5.97 Å². The molecular weight excluding hydrogens is 206 g/mol. The van der Waals surface area contributed by atoms with E-state index in [1.54, 1.807) is 18.4 Å². The number of esters is 1. The summed E-state index contributed by atoms with van der Waals surface area (Å²) in [6, 6.07) is 3.47. The maximum Gasteiger partial charge on any atom is 0.356 e. The van der Waals surface area contributed by atoms with Crippen molar-refractivity contribution in [3.8, 4) is 0 Å². The van der Waals surface area contributed by atoms with E-state index in [1.165, 1.54) is 6.20 Å². The van der Waals surface area contributed by atoms with Crippen molar-refractivity contribution in [2.45, 2.75) is 19.8 Å². The molecule has 2 aromatic rings. The molecule has 4 nitrogen and oxygen atoms in total. The van der Waals surface area contributed by atoms with Gasteiger partial charge >= 0.3 is 5.97 Å². The van der Waals surface area contributed by atoms with Gasteiger partial charge in [0.1, 0.15) is 5.69 Å². The molecule has 0 aliphatic heterocycles. The highest BCUT2D eigenvalue weighted by Crippen LogP contribution is 2.15. The number of unbranched alkanes of at least 4 members (excludes halogenated alkanes) is 1. The molecule has 4 heteroatoms. The van der Waals surface area contributed by atoms with Crippen LogP contribution < -0.4 is 0 Å². The van der Waals surface area contributed by atoms with E-state index in [9.17, 15) is 4.79 Å². The van der Waals surface area contributed by atoms with Gasteiger partial charge in [-0.2, -0.15) is 0 Å². The average molecular weight is 219 g/mol. The lowest BCUT2D eigenvalue weighted by molar-refractivity contribution is 0.0493. The van der Waals surface area contributed by atoms with Crippen molar-refractivity contribution < 1.29 is 13.9 Å². The Kier molecular flexibility index (Phi) is 3.19. The lowest BCUT2D eigenvalue weighted by atomic mass is 10.2. The highest BCUT2D eigenvalue weighted by molar-refractivity contribution is 5.91. The Bertz CT molecular complexity index is 490. The Balaban J connectivity index is 2.10. The summed E-state index contributed by atoms with van der Waals surface area (Å²) in [4.78, 5) is 15.6. The second-order valence-electron chi connectivity index (χ2n) is 3.52. The van der Waals surface area contributed by atoms with Crippen molar-refractivity contribution >= 4 is 16.9 Å². The highest BCUT2D eigenvalue weighted by atomic mass is 16.5. The first-order valence-corrected chi connectivity index (χ1v) is 5.31. The monoisotopic (exact) mass is 219 g/mol. The van der Waals surface area contributed by atoms with Gasteiger partial charge in [-0.25, -0.2) is 9.78 Å². The van der Waals surface area contributed by atoms with Crippen LogP contribution in [0.4, 0.5) is 0 Å². The number of furan rings is 1. The summed E-state index contributed by atoms with van der Waals surface area (Å²) >= 11 is 0. The van der Waals surface area contributed by atoms with Gasteiger partial charge in [-0.15, -0.1) is 0 Å². The zero-order valence-electron chi connectivity index (χ0n) is 9.10. The molecule has 2 aromatic heterocycles. The summed E-state index contributed by atoms with van der Waals surface area (Å²) in [5.41, 5.74) is 0.995. The molecule has 0 spiro atoms. The number of rotatable bonds is 4. The van der Waals surface area contributed by atoms with Gasteiger partial charge in [0, 0.05) is 5.39 Å². The summed E-state index contributed by atoms with van der Waals surface area (Å²) in [7, 11) is 0. The molecule has 2 heterocycles. The molecule has 0 atom stereocenters. The van der Waals surface area contributed by atoms with Gasteiger partial charge in [0.15, 0.2) is 5.58 Å². The molecule has 16 heavy (non-hydrogen) atoms. The lowest BCUT2D eigenvalue weighted by Gasteiger charge is -2.02. The Morgan fingerprint density at radius 3 is 3.25 bits per heavy atom. The third-order valence-corrected chi connectivity index (χ3v) is 2.28. The molecule has 0 amide bonds. The zero-order chi connectivity index (χ0) is 11.4. The summed E-state index contributed by atoms with van der Waals surface area (Å²) in [6.07, 6.45) is 4.98. The molecule has 0 aromatic carbocycles. The van der Waals surface area contributed by atoms with Gasteiger partial charge in [-0.3, -0.25) is 0 Å². The van der Waals surface area contributed by atoms with Gasteiger partial charge in [0.2, 0.25) is 0 Å². The fourth-order valence-electron chi connectivity index (χ4n) is 1.36. The first-order chi connectivity index (χ1) is 7.81. The van der Waals surface area contributed by atoms with Crippen molar-refractivity contribution in [2.75, 3.05) is 6.61 Å². The number of hydrogen-bond donors (Lipinski definition) is 0. The third kappa shape index (κ3) is 2.21. The number of pyridine rings is 1. The van der Waals surface area contributed by atoms with Gasteiger partial charge in [-0.1, -0.05) is 13.3 Å². The second kappa shape index (κ2) is 4.79. The number of fused-ring (bicyclic) bond motifs is 1. The molecule has 0 saturated carbocycles. The zero-order valence-corrected chi connectivity index (χ0v) is 9.10. The number of hydrogen-bond acceptors (Lipinski definition) is 4. The molecule has 0 aliphatic carbocycles. The smallest absolute Gasteiger partial charge is 0.356 e. The molecule has 0 aliphatic rings. The van der Waals surface area contributed by atoms with Gasteiger partial charge in [-0.05, 0) is 18.6 Å². The van der Waals surface area contributed by atoms with E-state index in [0.29, 0.717) is 17.9 Å². The Morgan fingerprint density at radius 2 is 2.44 bits per heavy atom. The number of ether oxygens (including phenoxy) is 1. The first kappa shape index (κ1) is 10.7. The van der Waals surface area contributed by atoms with Crippen LogP contribution in [0.3, 0.4) is 0 Å². The van der Waals surface area contributed by atoms with Crippen molar-refractivity contribution in [3.05, 3.63) is 30.3 Å². The lowest BCUT2D eigenvalue weighted by Crippen LogP contribution is -2.07. The van der Waals surface area contributed by atoms with Gasteiger partial charge < -0.3 is 9.15 Å². The normalized spacial score (nSPS) is 10.6. The minimum Gasteiger partial charge on any atom is -0.463 e. The number of carbonyl (C=O) groups is 1. The summed E-state index contributed by atoms with van der Waals surface area (Å²) in [5, 5.41) is 0.859. The number of carbonyl (C=O) groups excluding carboxylic acids is 1. The standard InChI is InChI=1S/C12H13NO3/c1-2-3-5-16-12(14)10-7-9-4-6-15-11(9)8-13-10/h4,6-8H,2-3,5H2,1H3. The van der Waals surface area contributed by atoms with Crippen LogP contribution in [0, 0.1) is 0 Å². The molecule has 0 unspecified atom stereocenters. The van der Waals surface area contributed by atoms with Crippen molar-refractivity contribution in [3.63, 3.8) is 0 Å². The second-order valence-corrected chi connectivity index (χ2v) is 3.52. The van der Waals surface area contributed by atoms with Crippen LogP contribution in [-0.4, -0.2) is 17.6 Å². The number of nitrogens with zero attached hydrogens (tertiary/aromatic N) is 1. The fraction of sp³-hybridized carbons (Fsp3) is 0.333. The molecular formula is C12H13NO3. The van der Waals surface area contributed by atoms with Crippen LogP contribution in [0.15, 0.2) is 29.0 Å². The van der Waals surface area contributed by atoms with E-state index in [1.807, 2.05) is 6.92 Å². The summed E-state index contributed by atoms with van der Waals surface area (Å²) < 4.78 is 10.2. The molecule has 84 valence electrons. The quantitative estimate of drug-likeness (QED) is 0.586. The van der Waals surface area contributed by atoms with Crippen LogP contribution in [0.2, 0.25) is 0 Å². The van der Waals surface area contributed by atoms with Crippen LogP contribution in [0.1, 0.15) is 30.3 Å². The van der Waals surface area contributed by atoms with E-state index in [0.717, 1.165) is 18.2 Å². The largest absolute Gasteiger partial charge is 0.463 e. The minimum atomic E-state index is -0.378. The third-order valence-electron chi connectivity index (χ3n) is 2.28. The molecule has 2 rings (SSSR count). The molecule has 0 fully saturated rings. The van der Waals surface area contributed by atoms with E-state index >= 15 is 0 Å². The van der Waals surface area contributed by atoms with Gasteiger partial charge in [0.05, 0.1) is 19.1 Å². The van der Waals surface area contributed by atoms with E-state index in [2.05, 4.69) is 4.98 Å². The molecule has 0 radical (unpaired) electrons. The average Bonchev–Trinajstić information content (AvgIpc) is 2.76. The van der Waals surface area contributed by atoms with E-state index in [4.69, 9.17) is 9.15 Å². The Hall–Kier alpha value is -1.84. The maximum atomic E-state index is 11.6. The van der Waals surface area contributed by atoms with Crippen LogP contribution in [0.25, 0.3) is 11.0 Å². The fourth-order valence-corrected chi connectivity index (χ4v) is 1.36. The first-order valence-electron chi connectivity index (χ1n) is 5.31. The number of aromatic nitrogens is 1. The topological polar surface area (TPSA) is 52.3 Å². The van der Waals surface area contributed by atoms with Crippen LogP contribution in [0.5, 0.6) is 0 Å². The van der Waals surface area contributed by atoms with Crippen molar-refractivity contribution in [1.29, 1.82) is 0 Å².